The average molecular weight is 376 g/mol. The molecule has 0 aliphatic carbocycles. The molecule has 0 fully saturated rings. The molecule has 0 aliphatic heterocycles. The van der Waals surface area contributed by atoms with Crippen molar-refractivity contribution < 1.29 is 14.3 Å². The molecule has 0 unspecified atom stereocenters. The van der Waals surface area contributed by atoms with Crippen molar-refractivity contribution in [3.63, 3.8) is 0 Å². The quantitative estimate of drug-likeness (QED) is 0.658. The molecule has 2 aromatic carbocycles. The zero-order chi connectivity index (χ0) is 16.5. The van der Waals surface area contributed by atoms with Crippen LogP contribution in [0.15, 0.2) is 59.2 Å². The molecule has 1 heterocycles. The molecule has 0 saturated carbocycles. The molecule has 3 aromatic rings. The van der Waals surface area contributed by atoms with Gasteiger partial charge < -0.3 is 14.5 Å². The summed E-state index contributed by atoms with van der Waals surface area (Å²) < 4.78 is 11.0. The highest BCUT2D eigenvalue weighted by atomic mass is 79.9. The Morgan fingerprint density at radius 1 is 1.17 bits per heavy atom. The number of aromatic amines is 1. The van der Waals surface area contributed by atoms with Gasteiger partial charge in [-0.25, -0.2) is 0 Å². The lowest BCUT2D eigenvalue weighted by Crippen LogP contribution is -1.94. The number of carbonyl (C=O) groups is 1. The third kappa shape index (κ3) is 5.14. The first kappa shape index (κ1) is 17.1. The summed E-state index contributed by atoms with van der Waals surface area (Å²) in [5, 5.41) is 1.14. The van der Waals surface area contributed by atoms with Gasteiger partial charge in [-0.15, -0.1) is 0 Å². The Labute approximate surface area is 143 Å². The maximum atomic E-state index is 9.18. The number of carbonyl (C=O) groups excluding carboxylic acids is 1. The topological polar surface area (TPSA) is 51.3 Å². The van der Waals surface area contributed by atoms with E-state index in [9.17, 15) is 4.79 Å². The summed E-state index contributed by atoms with van der Waals surface area (Å²) in [6, 6.07) is 16.2. The lowest BCUT2D eigenvalue weighted by atomic mass is 10.2. The van der Waals surface area contributed by atoms with Gasteiger partial charge in [-0.2, -0.15) is 0 Å². The van der Waals surface area contributed by atoms with E-state index in [4.69, 9.17) is 4.74 Å². The van der Waals surface area contributed by atoms with Gasteiger partial charge in [-0.3, -0.25) is 4.79 Å². The van der Waals surface area contributed by atoms with Crippen molar-refractivity contribution in [2.75, 3.05) is 6.61 Å². The van der Waals surface area contributed by atoms with Gasteiger partial charge in [0.2, 0.25) is 0 Å². The van der Waals surface area contributed by atoms with Crippen LogP contribution in [-0.2, 0) is 16.1 Å². The molecule has 0 bridgehead atoms. The standard InChI is InChI=1S/C15H12BrNO.C3H6O2/c16-14-9-17-15-7-6-12(8-13(14)15)18-10-11-4-2-1-3-5-11;1-2-5-3-4/h1-9,17H,10H2;3H,2H2,1H3. The van der Waals surface area contributed by atoms with Crippen LogP contribution in [0, 0.1) is 0 Å². The lowest BCUT2D eigenvalue weighted by molar-refractivity contribution is -0.128. The average Bonchev–Trinajstić information content (AvgIpc) is 2.96. The predicted octanol–water partition coefficient (Wildman–Crippen LogP) is 4.69. The second-order valence-electron chi connectivity index (χ2n) is 4.67. The highest BCUT2D eigenvalue weighted by molar-refractivity contribution is 9.10. The highest BCUT2D eigenvalue weighted by Crippen LogP contribution is 2.27. The van der Waals surface area contributed by atoms with Gasteiger partial charge in [-0.05, 0) is 46.6 Å². The van der Waals surface area contributed by atoms with Gasteiger partial charge >= 0.3 is 0 Å². The summed E-state index contributed by atoms with van der Waals surface area (Å²) in [6.07, 6.45) is 1.94. The first-order chi connectivity index (χ1) is 11.2. The Morgan fingerprint density at radius 2 is 1.96 bits per heavy atom. The first-order valence-corrected chi connectivity index (χ1v) is 8.02. The molecular weight excluding hydrogens is 358 g/mol. The van der Waals surface area contributed by atoms with Crippen LogP contribution in [0.5, 0.6) is 5.75 Å². The fourth-order valence-electron chi connectivity index (χ4n) is 1.96. The summed E-state index contributed by atoms with van der Waals surface area (Å²) in [6.45, 7) is 3.26. The summed E-state index contributed by atoms with van der Waals surface area (Å²) in [5.41, 5.74) is 2.28. The van der Waals surface area contributed by atoms with Crippen molar-refractivity contribution in [1.29, 1.82) is 0 Å². The molecule has 0 atom stereocenters. The minimum Gasteiger partial charge on any atom is -0.489 e. The predicted molar refractivity (Wildman–Crippen MR) is 94.5 cm³/mol. The van der Waals surface area contributed by atoms with Crippen LogP contribution < -0.4 is 4.74 Å². The molecule has 0 radical (unpaired) electrons. The fourth-order valence-corrected chi connectivity index (χ4v) is 2.41. The van der Waals surface area contributed by atoms with Crippen LogP contribution in [0.25, 0.3) is 10.9 Å². The van der Waals surface area contributed by atoms with Crippen LogP contribution in [0.2, 0.25) is 0 Å². The number of hydrogen-bond acceptors (Lipinski definition) is 3. The van der Waals surface area contributed by atoms with Crippen molar-refractivity contribution in [3.05, 3.63) is 64.8 Å². The second kappa shape index (κ2) is 9.00. The molecule has 0 amide bonds. The van der Waals surface area contributed by atoms with Crippen molar-refractivity contribution in [2.45, 2.75) is 13.5 Å². The van der Waals surface area contributed by atoms with Crippen molar-refractivity contribution in [2.24, 2.45) is 0 Å². The van der Waals surface area contributed by atoms with Crippen LogP contribution in [0.4, 0.5) is 0 Å². The van der Waals surface area contributed by atoms with Gasteiger partial charge in [-0.1, -0.05) is 30.3 Å². The molecule has 4 nitrogen and oxygen atoms in total. The smallest absolute Gasteiger partial charge is 0.293 e. The van der Waals surface area contributed by atoms with E-state index in [1.807, 2.05) is 42.6 Å². The number of nitrogens with one attached hydrogen (secondary N) is 1. The van der Waals surface area contributed by atoms with Crippen LogP contribution in [0.1, 0.15) is 12.5 Å². The Balaban J connectivity index is 0.000000338. The second-order valence-corrected chi connectivity index (χ2v) is 5.52. The fraction of sp³-hybridized carbons (Fsp3) is 0.167. The number of halogens is 1. The van der Waals surface area contributed by atoms with Crippen molar-refractivity contribution in [1.82, 2.24) is 4.98 Å². The number of rotatable bonds is 5. The third-order valence-electron chi connectivity index (χ3n) is 3.09. The van der Waals surface area contributed by atoms with Crippen molar-refractivity contribution in [3.8, 4) is 5.75 Å². The Bertz CT molecular complexity index is 740. The monoisotopic (exact) mass is 375 g/mol. The molecule has 0 spiro atoms. The van der Waals surface area contributed by atoms with Gasteiger partial charge in [0.15, 0.2) is 0 Å². The lowest BCUT2D eigenvalue weighted by Gasteiger charge is -2.06. The van der Waals surface area contributed by atoms with Crippen LogP contribution >= 0.6 is 15.9 Å². The molecule has 5 heteroatoms. The Kier molecular flexibility index (Phi) is 6.69. The molecular formula is C18H18BrNO3. The summed E-state index contributed by atoms with van der Waals surface area (Å²) in [5.74, 6) is 0.881. The molecule has 3 rings (SSSR count). The molecule has 1 aromatic heterocycles. The van der Waals surface area contributed by atoms with E-state index in [0.717, 1.165) is 21.1 Å². The zero-order valence-corrected chi connectivity index (χ0v) is 14.4. The first-order valence-electron chi connectivity index (χ1n) is 7.23. The van der Waals surface area contributed by atoms with E-state index in [1.54, 1.807) is 6.92 Å². The number of ether oxygens (including phenoxy) is 2. The normalized spacial score (nSPS) is 9.83. The number of aromatic nitrogens is 1. The van der Waals surface area contributed by atoms with E-state index < -0.39 is 0 Å². The van der Waals surface area contributed by atoms with E-state index in [2.05, 4.69) is 37.8 Å². The maximum Gasteiger partial charge on any atom is 0.293 e. The van der Waals surface area contributed by atoms with Crippen molar-refractivity contribution >= 4 is 33.3 Å². The number of fused-ring (bicyclic) bond motifs is 1. The van der Waals surface area contributed by atoms with Gasteiger partial charge in [0.05, 0.1) is 6.61 Å². The van der Waals surface area contributed by atoms with Crippen LogP contribution in [-0.4, -0.2) is 18.1 Å². The van der Waals surface area contributed by atoms with Gasteiger partial charge in [0.25, 0.3) is 6.47 Å². The number of hydrogen-bond donors (Lipinski definition) is 1. The van der Waals surface area contributed by atoms with Crippen LogP contribution in [0.3, 0.4) is 0 Å². The number of H-pyrrole nitrogens is 1. The Morgan fingerprint density at radius 3 is 2.61 bits per heavy atom. The summed E-state index contributed by atoms with van der Waals surface area (Å²) in [4.78, 5) is 12.4. The Hall–Kier alpha value is -2.27. The number of benzene rings is 2. The SMILES string of the molecule is Brc1c[nH]c2ccc(OCc3ccccc3)cc12.CCOC=O. The maximum absolute atomic E-state index is 9.18. The molecule has 0 saturated heterocycles. The van der Waals surface area contributed by atoms with Gasteiger partial charge in [0.1, 0.15) is 12.4 Å². The molecule has 0 aliphatic rings. The molecule has 23 heavy (non-hydrogen) atoms. The highest BCUT2D eigenvalue weighted by Gasteiger charge is 2.03. The summed E-state index contributed by atoms with van der Waals surface area (Å²) in [7, 11) is 0. The zero-order valence-electron chi connectivity index (χ0n) is 12.8. The van der Waals surface area contributed by atoms with E-state index in [0.29, 0.717) is 19.7 Å². The minimum absolute atomic E-state index is 0.431. The largest absolute Gasteiger partial charge is 0.489 e. The third-order valence-corrected chi connectivity index (χ3v) is 3.74. The van der Waals surface area contributed by atoms with Gasteiger partial charge in [0, 0.05) is 21.6 Å². The van der Waals surface area contributed by atoms with E-state index in [1.165, 1.54) is 5.56 Å². The molecule has 1 N–H and O–H groups in total. The van der Waals surface area contributed by atoms with E-state index >= 15 is 0 Å². The van der Waals surface area contributed by atoms with E-state index in [-0.39, 0.29) is 0 Å². The molecule has 120 valence electrons. The summed E-state index contributed by atoms with van der Waals surface area (Å²) >= 11 is 3.51. The minimum atomic E-state index is 0.431.